The highest BCUT2D eigenvalue weighted by atomic mass is 32.2. The van der Waals surface area contributed by atoms with E-state index >= 15 is 0 Å². The van der Waals surface area contributed by atoms with Crippen molar-refractivity contribution in [1.82, 2.24) is 4.98 Å². The van der Waals surface area contributed by atoms with E-state index in [1.807, 2.05) is 6.92 Å². The number of pyridine rings is 1. The van der Waals surface area contributed by atoms with Crippen molar-refractivity contribution < 1.29 is 8.42 Å². The van der Waals surface area contributed by atoms with E-state index in [0.29, 0.717) is 12.1 Å². The van der Waals surface area contributed by atoms with Crippen LogP contribution in [0.3, 0.4) is 0 Å². The maximum atomic E-state index is 11.5. The third-order valence-electron chi connectivity index (χ3n) is 2.07. The Morgan fingerprint density at radius 1 is 1.24 bits per heavy atom. The molecular weight excluding hydrogens is 238 g/mol. The van der Waals surface area contributed by atoms with E-state index in [-0.39, 0.29) is 5.75 Å². The minimum absolute atomic E-state index is 0.128. The summed E-state index contributed by atoms with van der Waals surface area (Å²) < 4.78 is 25.5. The summed E-state index contributed by atoms with van der Waals surface area (Å²) in [6.45, 7) is 4.75. The topological polar surface area (TPSA) is 71.1 Å². The minimum Gasteiger partial charge on any atom is -0.370 e. The van der Waals surface area contributed by atoms with Gasteiger partial charge in [0.1, 0.15) is 5.82 Å². The first-order valence-electron chi connectivity index (χ1n) is 5.78. The molecule has 0 atom stereocenters. The molecule has 0 amide bonds. The van der Waals surface area contributed by atoms with E-state index in [2.05, 4.69) is 21.9 Å². The van der Waals surface area contributed by atoms with Gasteiger partial charge in [0.15, 0.2) is 0 Å². The van der Waals surface area contributed by atoms with Gasteiger partial charge < -0.3 is 5.32 Å². The van der Waals surface area contributed by atoms with E-state index < -0.39 is 10.0 Å². The van der Waals surface area contributed by atoms with Gasteiger partial charge in [-0.1, -0.05) is 13.8 Å². The normalized spacial score (nSPS) is 11.2. The van der Waals surface area contributed by atoms with Gasteiger partial charge in [-0.3, -0.25) is 4.72 Å². The Kier molecular flexibility index (Phi) is 5.21. The summed E-state index contributed by atoms with van der Waals surface area (Å²) in [5, 5.41) is 3.12. The lowest BCUT2D eigenvalue weighted by molar-refractivity contribution is 0.600. The summed E-state index contributed by atoms with van der Waals surface area (Å²) in [6, 6.07) is 3.47. The third-order valence-corrected chi connectivity index (χ3v) is 3.56. The lowest BCUT2D eigenvalue weighted by atomic mass is 10.4. The van der Waals surface area contributed by atoms with Gasteiger partial charge in [-0.05, 0) is 25.0 Å². The quantitative estimate of drug-likeness (QED) is 0.784. The number of anilines is 2. The molecule has 2 N–H and O–H groups in total. The fourth-order valence-corrected chi connectivity index (χ4v) is 2.43. The van der Waals surface area contributed by atoms with E-state index in [1.54, 1.807) is 12.1 Å². The summed E-state index contributed by atoms with van der Waals surface area (Å²) in [5.74, 6) is 0.883. The Morgan fingerprint density at radius 2 is 2.00 bits per heavy atom. The van der Waals surface area contributed by atoms with Crippen LogP contribution in [-0.2, 0) is 10.0 Å². The fourth-order valence-electron chi connectivity index (χ4n) is 1.31. The molecule has 96 valence electrons. The minimum atomic E-state index is -3.22. The van der Waals surface area contributed by atoms with Crippen LogP contribution in [0.1, 0.15) is 26.7 Å². The number of sulfonamides is 1. The molecule has 17 heavy (non-hydrogen) atoms. The summed E-state index contributed by atoms with van der Waals surface area (Å²) in [5.41, 5.74) is 0.500. The van der Waals surface area contributed by atoms with Crippen molar-refractivity contribution in [3.8, 4) is 0 Å². The molecule has 0 bridgehead atoms. The maximum Gasteiger partial charge on any atom is 0.232 e. The predicted molar refractivity (Wildman–Crippen MR) is 70.7 cm³/mol. The van der Waals surface area contributed by atoms with Crippen molar-refractivity contribution >= 4 is 21.5 Å². The molecule has 0 unspecified atom stereocenters. The average Bonchev–Trinajstić information content (AvgIpc) is 2.27. The number of nitrogens with zero attached hydrogens (tertiary/aromatic N) is 1. The van der Waals surface area contributed by atoms with Crippen molar-refractivity contribution in [1.29, 1.82) is 0 Å². The zero-order valence-electron chi connectivity index (χ0n) is 10.2. The first kappa shape index (κ1) is 13.8. The molecular formula is C11H19N3O2S. The van der Waals surface area contributed by atoms with E-state index in [9.17, 15) is 8.42 Å². The molecule has 1 heterocycles. The molecule has 0 aromatic carbocycles. The van der Waals surface area contributed by atoms with Crippen molar-refractivity contribution in [2.75, 3.05) is 22.3 Å². The Bertz CT molecular complexity index is 429. The summed E-state index contributed by atoms with van der Waals surface area (Å²) in [6.07, 6.45) is 3.14. The molecule has 0 aliphatic carbocycles. The van der Waals surface area contributed by atoms with Crippen LogP contribution in [0.25, 0.3) is 0 Å². The summed E-state index contributed by atoms with van der Waals surface area (Å²) in [4.78, 5) is 4.12. The summed E-state index contributed by atoms with van der Waals surface area (Å²) >= 11 is 0. The van der Waals surface area contributed by atoms with E-state index in [1.165, 1.54) is 6.20 Å². The second-order valence-electron chi connectivity index (χ2n) is 3.78. The summed E-state index contributed by atoms with van der Waals surface area (Å²) in [7, 11) is -3.22. The molecule has 0 radical (unpaired) electrons. The average molecular weight is 257 g/mol. The molecule has 0 saturated carbocycles. The van der Waals surface area contributed by atoms with Gasteiger partial charge in [0.25, 0.3) is 0 Å². The first-order chi connectivity index (χ1) is 8.07. The molecule has 0 aliphatic rings. The number of nitrogens with one attached hydrogen (secondary N) is 2. The van der Waals surface area contributed by atoms with Crippen LogP contribution in [0, 0.1) is 0 Å². The smallest absolute Gasteiger partial charge is 0.232 e. The molecule has 6 heteroatoms. The van der Waals surface area contributed by atoms with Crippen LogP contribution < -0.4 is 10.0 Å². The van der Waals surface area contributed by atoms with Crippen molar-refractivity contribution in [2.45, 2.75) is 26.7 Å². The van der Waals surface area contributed by atoms with Crippen LogP contribution in [0.2, 0.25) is 0 Å². The van der Waals surface area contributed by atoms with Gasteiger partial charge in [0.2, 0.25) is 10.0 Å². The molecule has 1 aromatic rings. The number of rotatable bonds is 7. The van der Waals surface area contributed by atoms with Gasteiger partial charge in [-0.25, -0.2) is 13.4 Å². The van der Waals surface area contributed by atoms with Crippen LogP contribution >= 0.6 is 0 Å². The fraction of sp³-hybridized carbons (Fsp3) is 0.545. The highest BCUT2D eigenvalue weighted by Crippen LogP contribution is 2.11. The molecule has 0 saturated heterocycles. The predicted octanol–water partition coefficient (Wildman–Crippen LogP) is 2.06. The Labute approximate surface area is 103 Å². The largest absolute Gasteiger partial charge is 0.370 e. The van der Waals surface area contributed by atoms with E-state index in [0.717, 1.165) is 18.8 Å². The van der Waals surface area contributed by atoms with Crippen molar-refractivity contribution in [3.05, 3.63) is 18.3 Å². The Hall–Kier alpha value is -1.30. The lowest BCUT2D eigenvalue weighted by Gasteiger charge is -2.08. The number of aromatic nitrogens is 1. The second-order valence-corrected chi connectivity index (χ2v) is 5.62. The molecule has 0 spiro atoms. The Balaban J connectivity index is 2.62. The zero-order chi connectivity index (χ0) is 12.7. The van der Waals surface area contributed by atoms with Gasteiger partial charge >= 0.3 is 0 Å². The Morgan fingerprint density at radius 3 is 2.53 bits per heavy atom. The van der Waals surface area contributed by atoms with E-state index in [4.69, 9.17) is 0 Å². The van der Waals surface area contributed by atoms with Crippen LogP contribution in [-0.4, -0.2) is 25.7 Å². The highest BCUT2D eigenvalue weighted by molar-refractivity contribution is 7.92. The second kappa shape index (κ2) is 6.44. The van der Waals surface area contributed by atoms with Crippen LogP contribution in [0.4, 0.5) is 11.5 Å². The van der Waals surface area contributed by atoms with Gasteiger partial charge in [-0.2, -0.15) is 0 Å². The SMILES string of the molecule is CCCNc1ccc(NS(=O)(=O)CCC)cn1. The molecule has 0 fully saturated rings. The van der Waals surface area contributed by atoms with Crippen LogP contribution in [0.15, 0.2) is 18.3 Å². The van der Waals surface area contributed by atoms with Crippen molar-refractivity contribution in [2.24, 2.45) is 0 Å². The standard InChI is InChI=1S/C11H19N3O2S/c1-3-7-12-11-6-5-10(9-13-11)14-17(15,16)8-4-2/h5-6,9,14H,3-4,7-8H2,1-2H3,(H,12,13). The van der Waals surface area contributed by atoms with Gasteiger partial charge in [0.05, 0.1) is 17.6 Å². The molecule has 5 nitrogen and oxygen atoms in total. The van der Waals surface area contributed by atoms with Crippen molar-refractivity contribution in [3.63, 3.8) is 0 Å². The molecule has 0 aliphatic heterocycles. The highest BCUT2D eigenvalue weighted by Gasteiger charge is 2.08. The zero-order valence-corrected chi connectivity index (χ0v) is 11.0. The monoisotopic (exact) mass is 257 g/mol. The number of hydrogen-bond donors (Lipinski definition) is 2. The molecule has 1 rings (SSSR count). The van der Waals surface area contributed by atoms with Gasteiger partial charge in [-0.15, -0.1) is 0 Å². The maximum absolute atomic E-state index is 11.5. The first-order valence-corrected chi connectivity index (χ1v) is 7.43. The van der Waals surface area contributed by atoms with Gasteiger partial charge in [0, 0.05) is 6.54 Å². The lowest BCUT2D eigenvalue weighted by Crippen LogP contribution is -2.16. The van der Waals surface area contributed by atoms with Crippen LogP contribution in [0.5, 0.6) is 0 Å². The molecule has 1 aromatic heterocycles. The third kappa shape index (κ3) is 5.04. The number of hydrogen-bond acceptors (Lipinski definition) is 4.